The van der Waals surface area contributed by atoms with Gasteiger partial charge in [-0.3, -0.25) is 0 Å². The number of fused-ring (bicyclic) bond motifs is 1. The van der Waals surface area contributed by atoms with Gasteiger partial charge in [0.25, 0.3) is 0 Å². The van der Waals surface area contributed by atoms with Crippen molar-refractivity contribution in [3.8, 4) is 6.07 Å². The van der Waals surface area contributed by atoms with E-state index < -0.39 is 0 Å². The fourth-order valence-corrected chi connectivity index (χ4v) is 2.02. The molecule has 0 aliphatic rings. The number of nitrogens with zero attached hydrogens (tertiary/aromatic N) is 2. The Bertz CT molecular complexity index is 534. The van der Waals surface area contributed by atoms with Gasteiger partial charge in [-0.05, 0) is 31.2 Å². The van der Waals surface area contributed by atoms with Gasteiger partial charge in [0.1, 0.15) is 0 Å². The van der Waals surface area contributed by atoms with E-state index in [0.29, 0.717) is 0 Å². The topological polar surface area (TPSA) is 40.8 Å². The molecule has 0 bridgehead atoms. The summed E-state index contributed by atoms with van der Waals surface area (Å²) in [5, 5.41) is 13.4. The van der Waals surface area contributed by atoms with Crippen LogP contribution >= 0.6 is 0 Å². The van der Waals surface area contributed by atoms with E-state index in [9.17, 15) is 0 Å². The Balaban J connectivity index is 2.17. The Hall–Kier alpha value is -1.79. The van der Waals surface area contributed by atoms with Crippen molar-refractivity contribution in [3.63, 3.8) is 0 Å². The van der Waals surface area contributed by atoms with Crippen LogP contribution in [0.4, 0.5) is 0 Å². The van der Waals surface area contributed by atoms with Crippen LogP contribution in [0, 0.1) is 11.3 Å². The lowest BCUT2D eigenvalue weighted by Gasteiger charge is -2.06. The van der Waals surface area contributed by atoms with Crippen molar-refractivity contribution in [1.82, 2.24) is 9.88 Å². The second-order valence-corrected chi connectivity index (χ2v) is 4.11. The highest BCUT2D eigenvalue weighted by Crippen LogP contribution is 2.19. The minimum Gasteiger partial charge on any atom is -0.346 e. The molecular weight excluding hydrogens is 210 g/mol. The van der Waals surface area contributed by atoms with Gasteiger partial charge >= 0.3 is 0 Å². The van der Waals surface area contributed by atoms with Crippen molar-refractivity contribution in [2.24, 2.45) is 0 Å². The molecule has 0 unspecified atom stereocenters. The number of hydrogen-bond donors (Lipinski definition) is 1. The van der Waals surface area contributed by atoms with Gasteiger partial charge in [-0.1, -0.05) is 13.0 Å². The van der Waals surface area contributed by atoms with Gasteiger partial charge in [-0.15, -0.1) is 0 Å². The van der Waals surface area contributed by atoms with Crippen molar-refractivity contribution >= 4 is 10.9 Å². The predicted molar refractivity (Wildman–Crippen MR) is 69.8 cm³/mol. The van der Waals surface area contributed by atoms with Crippen LogP contribution in [0.2, 0.25) is 0 Å². The fourth-order valence-electron chi connectivity index (χ4n) is 2.02. The highest BCUT2D eigenvalue weighted by molar-refractivity contribution is 5.85. The Morgan fingerprint density at radius 3 is 2.94 bits per heavy atom. The third-order valence-corrected chi connectivity index (χ3v) is 2.89. The Kier molecular flexibility index (Phi) is 3.79. The molecule has 0 saturated heterocycles. The van der Waals surface area contributed by atoms with Gasteiger partial charge in [0.2, 0.25) is 0 Å². The molecule has 0 radical (unpaired) electrons. The molecule has 0 atom stereocenters. The van der Waals surface area contributed by atoms with E-state index >= 15 is 0 Å². The Labute approximate surface area is 102 Å². The highest BCUT2D eigenvalue weighted by Gasteiger charge is 2.04. The predicted octanol–water partition coefficient (Wildman–Crippen LogP) is 2.51. The standard InChI is InChI=1S/C14H17N3/c1-2-7-16-8-10-17-9-6-13-12(11-15)4-3-5-14(13)17/h3-6,9,16H,2,7-8,10H2,1H3. The minimum absolute atomic E-state index is 0.753. The zero-order valence-corrected chi connectivity index (χ0v) is 10.1. The molecule has 1 aromatic carbocycles. The summed E-state index contributed by atoms with van der Waals surface area (Å²) in [4.78, 5) is 0. The second-order valence-electron chi connectivity index (χ2n) is 4.11. The number of hydrogen-bond acceptors (Lipinski definition) is 2. The number of aromatic nitrogens is 1. The largest absolute Gasteiger partial charge is 0.346 e. The van der Waals surface area contributed by atoms with Crippen molar-refractivity contribution in [3.05, 3.63) is 36.0 Å². The number of nitriles is 1. The Morgan fingerprint density at radius 2 is 2.18 bits per heavy atom. The molecule has 2 rings (SSSR count). The summed E-state index contributed by atoms with van der Waals surface area (Å²) in [7, 11) is 0. The maximum absolute atomic E-state index is 9.02. The zero-order valence-electron chi connectivity index (χ0n) is 10.1. The molecule has 2 aromatic rings. The zero-order chi connectivity index (χ0) is 12.1. The maximum atomic E-state index is 9.02. The summed E-state index contributed by atoms with van der Waals surface area (Å²) in [6.45, 7) is 5.13. The van der Waals surface area contributed by atoms with Crippen LogP contribution in [0.5, 0.6) is 0 Å². The first-order chi connectivity index (χ1) is 8.36. The summed E-state index contributed by atoms with van der Waals surface area (Å²) in [6.07, 6.45) is 3.21. The fraction of sp³-hybridized carbons (Fsp3) is 0.357. The van der Waals surface area contributed by atoms with E-state index in [2.05, 4.69) is 35.1 Å². The van der Waals surface area contributed by atoms with E-state index in [-0.39, 0.29) is 0 Å². The summed E-state index contributed by atoms with van der Waals surface area (Å²) in [5.41, 5.74) is 1.89. The number of rotatable bonds is 5. The number of benzene rings is 1. The van der Waals surface area contributed by atoms with E-state index in [0.717, 1.165) is 42.5 Å². The first-order valence-corrected chi connectivity index (χ1v) is 6.05. The quantitative estimate of drug-likeness (QED) is 0.797. The molecule has 1 N–H and O–H groups in total. The van der Waals surface area contributed by atoms with Crippen LogP contribution in [0.3, 0.4) is 0 Å². The molecule has 3 nitrogen and oxygen atoms in total. The SMILES string of the molecule is CCCNCCn1ccc2c(C#N)cccc21. The van der Waals surface area contributed by atoms with Crippen LogP contribution in [-0.2, 0) is 6.54 Å². The van der Waals surface area contributed by atoms with E-state index in [1.54, 1.807) is 0 Å². The smallest absolute Gasteiger partial charge is 0.0998 e. The number of nitrogens with one attached hydrogen (secondary N) is 1. The molecule has 17 heavy (non-hydrogen) atoms. The minimum atomic E-state index is 0.753. The summed E-state index contributed by atoms with van der Waals surface area (Å²) >= 11 is 0. The van der Waals surface area contributed by atoms with Crippen LogP contribution in [0.1, 0.15) is 18.9 Å². The maximum Gasteiger partial charge on any atom is 0.0998 e. The van der Waals surface area contributed by atoms with E-state index in [4.69, 9.17) is 5.26 Å². The van der Waals surface area contributed by atoms with Gasteiger partial charge in [-0.25, -0.2) is 0 Å². The molecule has 0 fully saturated rings. The highest BCUT2D eigenvalue weighted by atomic mass is 15.0. The molecule has 3 heteroatoms. The van der Waals surface area contributed by atoms with Gasteiger partial charge in [-0.2, -0.15) is 5.26 Å². The molecule has 1 aromatic heterocycles. The third kappa shape index (κ3) is 2.48. The van der Waals surface area contributed by atoms with Crippen molar-refractivity contribution in [1.29, 1.82) is 5.26 Å². The molecular formula is C14H17N3. The molecule has 0 spiro atoms. The average molecular weight is 227 g/mol. The van der Waals surface area contributed by atoms with Crippen LogP contribution in [0.15, 0.2) is 30.5 Å². The van der Waals surface area contributed by atoms with Crippen molar-refractivity contribution in [2.45, 2.75) is 19.9 Å². The monoisotopic (exact) mass is 227 g/mol. The van der Waals surface area contributed by atoms with Crippen LogP contribution < -0.4 is 5.32 Å². The molecule has 0 saturated carbocycles. The molecule has 88 valence electrons. The molecule has 0 amide bonds. The third-order valence-electron chi connectivity index (χ3n) is 2.89. The Morgan fingerprint density at radius 1 is 1.29 bits per heavy atom. The van der Waals surface area contributed by atoms with Crippen LogP contribution in [-0.4, -0.2) is 17.7 Å². The lowest BCUT2D eigenvalue weighted by atomic mass is 10.1. The molecule has 1 heterocycles. The van der Waals surface area contributed by atoms with Gasteiger partial charge < -0.3 is 9.88 Å². The lowest BCUT2D eigenvalue weighted by Crippen LogP contribution is -2.20. The van der Waals surface area contributed by atoms with Gasteiger partial charge in [0.05, 0.1) is 11.6 Å². The van der Waals surface area contributed by atoms with Crippen molar-refractivity contribution in [2.75, 3.05) is 13.1 Å². The normalized spacial score (nSPS) is 10.6. The van der Waals surface area contributed by atoms with E-state index in [1.807, 2.05) is 18.2 Å². The van der Waals surface area contributed by atoms with Crippen LogP contribution in [0.25, 0.3) is 10.9 Å². The average Bonchev–Trinajstić information content (AvgIpc) is 2.78. The second kappa shape index (κ2) is 5.51. The molecule has 0 aliphatic carbocycles. The van der Waals surface area contributed by atoms with Crippen molar-refractivity contribution < 1.29 is 0 Å². The summed E-state index contributed by atoms with van der Waals surface area (Å²) in [6, 6.07) is 10.1. The first kappa shape index (κ1) is 11.7. The van der Waals surface area contributed by atoms with Gasteiger partial charge in [0, 0.05) is 30.2 Å². The van der Waals surface area contributed by atoms with Gasteiger partial charge in [0.15, 0.2) is 0 Å². The van der Waals surface area contributed by atoms with E-state index in [1.165, 1.54) is 0 Å². The summed E-state index contributed by atoms with van der Waals surface area (Å²) < 4.78 is 2.19. The first-order valence-electron chi connectivity index (χ1n) is 6.05. The molecule has 0 aliphatic heterocycles. The summed E-state index contributed by atoms with van der Waals surface area (Å²) in [5.74, 6) is 0. The lowest BCUT2D eigenvalue weighted by molar-refractivity contribution is 0.604.